The number of para-hydroxylation sites is 2. The highest BCUT2D eigenvalue weighted by Crippen LogP contribution is 2.38. The second-order valence-electron chi connectivity index (χ2n) is 11.0. The fraction of sp³-hybridized carbons (Fsp3) is 0.0256. The first-order chi connectivity index (χ1) is 23.9. The van der Waals surface area contributed by atoms with Gasteiger partial charge in [0.15, 0.2) is 5.17 Å². The maximum atomic E-state index is 14.0. The molecule has 0 saturated heterocycles. The van der Waals surface area contributed by atoms with Crippen molar-refractivity contribution in [3.63, 3.8) is 0 Å². The van der Waals surface area contributed by atoms with Crippen LogP contribution >= 0.6 is 11.8 Å². The molecule has 7 rings (SSSR count). The van der Waals surface area contributed by atoms with E-state index in [-0.39, 0.29) is 23.1 Å². The number of carboxylic acid groups (broad SMARTS) is 1. The number of anilines is 2. The van der Waals surface area contributed by atoms with Crippen LogP contribution in [0, 0.1) is 0 Å². The minimum atomic E-state index is -1.03. The molecule has 2 amide bonds. The topological polar surface area (TPSA) is 125 Å². The minimum absolute atomic E-state index is 0.164. The Morgan fingerprint density at radius 2 is 1.55 bits per heavy atom. The second kappa shape index (κ2) is 13.8. The Morgan fingerprint density at radius 1 is 0.837 bits per heavy atom. The van der Waals surface area contributed by atoms with Crippen LogP contribution in [0.5, 0.6) is 0 Å². The number of carboxylic acids is 1. The van der Waals surface area contributed by atoms with E-state index in [4.69, 9.17) is 4.99 Å². The molecule has 0 radical (unpaired) electrons. The van der Waals surface area contributed by atoms with Crippen LogP contribution in [-0.2, 0) is 9.59 Å². The van der Waals surface area contributed by atoms with Gasteiger partial charge in [0.1, 0.15) is 10.9 Å². The number of aliphatic imine (C=N–C) groups is 1. The maximum Gasteiger partial charge on any atom is 0.336 e. The zero-order chi connectivity index (χ0) is 33.7. The highest BCUT2D eigenvalue weighted by atomic mass is 32.2. The number of aromatic nitrogens is 2. The molecule has 1 atom stereocenters. The first-order valence-electron chi connectivity index (χ1n) is 15.3. The molecule has 0 fully saturated rings. The lowest BCUT2D eigenvalue weighted by atomic mass is 10.0. The van der Waals surface area contributed by atoms with Gasteiger partial charge in [-0.1, -0.05) is 96.7 Å². The molecule has 1 aliphatic heterocycles. The number of benzene rings is 4. The summed E-state index contributed by atoms with van der Waals surface area (Å²) in [4.78, 5) is 54.8. The number of aromatic carboxylic acids is 1. The predicted molar refractivity (Wildman–Crippen MR) is 193 cm³/mol. The summed E-state index contributed by atoms with van der Waals surface area (Å²) < 4.78 is 0. The number of pyridine rings is 2. The maximum absolute atomic E-state index is 14.0. The largest absolute Gasteiger partial charge is 0.478 e. The number of thioether (sulfide) groups is 1. The second-order valence-corrected chi connectivity index (χ2v) is 12.1. The van der Waals surface area contributed by atoms with E-state index >= 15 is 0 Å². The number of fused-ring (bicyclic) bond motifs is 1. The van der Waals surface area contributed by atoms with Gasteiger partial charge >= 0.3 is 5.97 Å². The van der Waals surface area contributed by atoms with Gasteiger partial charge in [0.05, 0.1) is 22.5 Å². The molecule has 6 aromatic rings. The fourth-order valence-electron chi connectivity index (χ4n) is 5.44. The molecule has 9 nitrogen and oxygen atoms in total. The number of amides is 2. The van der Waals surface area contributed by atoms with Gasteiger partial charge in [0.25, 0.3) is 5.91 Å². The Kier molecular flexibility index (Phi) is 8.77. The molecular formula is C39H27N5O4S. The summed E-state index contributed by atoms with van der Waals surface area (Å²) in [7, 11) is 0. The van der Waals surface area contributed by atoms with Crippen LogP contribution < -0.4 is 10.2 Å². The van der Waals surface area contributed by atoms with Crippen molar-refractivity contribution in [1.82, 2.24) is 9.97 Å². The van der Waals surface area contributed by atoms with Crippen molar-refractivity contribution < 1.29 is 19.5 Å². The average molecular weight is 662 g/mol. The molecule has 238 valence electrons. The van der Waals surface area contributed by atoms with Gasteiger partial charge < -0.3 is 10.4 Å². The van der Waals surface area contributed by atoms with Crippen molar-refractivity contribution in [3.8, 4) is 11.3 Å². The number of rotatable bonds is 8. The first kappa shape index (κ1) is 31.2. The molecule has 4 aromatic carbocycles. The van der Waals surface area contributed by atoms with Gasteiger partial charge in [-0.2, -0.15) is 0 Å². The monoisotopic (exact) mass is 661 g/mol. The third-order valence-electron chi connectivity index (χ3n) is 7.79. The molecule has 0 saturated carbocycles. The summed E-state index contributed by atoms with van der Waals surface area (Å²) in [6.07, 6.45) is 4.99. The number of hydrogen-bond acceptors (Lipinski definition) is 7. The number of hydrogen-bond donors (Lipinski definition) is 2. The van der Waals surface area contributed by atoms with E-state index in [1.54, 1.807) is 73.1 Å². The Bertz CT molecular complexity index is 2240. The Labute approximate surface area is 285 Å². The van der Waals surface area contributed by atoms with Gasteiger partial charge in [-0.25, -0.2) is 14.8 Å². The Balaban J connectivity index is 1.19. The molecule has 10 heteroatoms. The Morgan fingerprint density at radius 3 is 2.27 bits per heavy atom. The summed E-state index contributed by atoms with van der Waals surface area (Å²) in [6.45, 7) is 0. The molecule has 0 bridgehead atoms. The molecule has 1 unspecified atom stereocenters. The molecule has 2 aromatic heterocycles. The molecule has 0 aliphatic carbocycles. The van der Waals surface area contributed by atoms with E-state index in [2.05, 4.69) is 15.3 Å². The van der Waals surface area contributed by atoms with Crippen molar-refractivity contribution in [3.05, 3.63) is 162 Å². The number of carbonyl (C=O) groups is 3. The normalized spacial score (nSPS) is 14.1. The molecular weight excluding hydrogens is 635 g/mol. The standard InChI is InChI=1S/C39H27N5O4S/c45-36(41-28-19-17-26(18-20-28)33-23-31(38(47)48)30-15-7-8-16-32(30)42-33)35(27-11-3-1-4-12-27)49-39-43-34(22-25-10-9-21-40-24-25)37(46)44(39)29-13-5-2-6-14-29/h1-24,35H,(H,41,45)(H,47,48)/b34-22-. The highest BCUT2D eigenvalue weighted by molar-refractivity contribution is 8.15. The van der Waals surface area contributed by atoms with Gasteiger partial charge in [-0.15, -0.1) is 0 Å². The number of nitrogens with one attached hydrogen (secondary N) is 1. The van der Waals surface area contributed by atoms with Crippen LogP contribution in [0.4, 0.5) is 11.4 Å². The average Bonchev–Trinajstić information content (AvgIpc) is 3.44. The number of amidine groups is 1. The van der Waals surface area contributed by atoms with Crippen LogP contribution in [0.1, 0.15) is 26.7 Å². The van der Waals surface area contributed by atoms with Crippen LogP contribution in [0.3, 0.4) is 0 Å². The van der Waals surface area contributed by atoms with Crippen molar-refractivity contribution in [1.29, 1.82) is 0 Å². The van der Waals surface area contributed by atoms with Crippen molar-refractivity contribution >= 4 is 63.1 Å². The minimum Gasteiger partial charge on any atom is -0.478 e. The van der Waals surface area contributed by atoms with Crippen molar-refractivity contribution in [2.24, 2.45) is 4.99 Å². The molecule has 3 heterocycles. The van der Waals surface area contributed by atoms with Gasteiger partial charge in [0, 0.05) is 29.0 Å². The summed E-state index contributed by atoms with van der Waals surface area (Å²) >= 11 is 1.18. The molecule has 49 heavy (non-hydrogen) atoms. The lowest BCUT2D eigenvalue weighted by molar-refractivity contribution is -0.116. The quantitative estimate of drug-likeness (QED) is 0.159. The van der Waals surface area contributed by atoms with Crippen LogP contribution in [0.15, 0.2) is 150 Å². The van der Waals surface area contributed by atoms with Crippen molar-refractivity contribution in [2.45, 2.75) is 5.25 Å². The van der Waals surface area contributed by atoms with E-state index < -0.39 is 11.2 Å². The van der Waals surface area contributed by atoms with Gasteiger partial charge in [-0.3, -0.25) is 19.5 Å². The zero-order valence-corrected chi connectivity index (χ0v) is 26.6. The third kappa shape index (κ3) is 6.71. The van der Waals surface area contributed by atoms with E-state index in [1.165, 1.54) is 16.7 Å². The van der Waals surface area contributed by atoms with E-state index in [0.717, 1.165) is 11.1 Å². The first-order valence-corrected chi connectivity index (χ1v) is 16.2. The fourth-order valence-corrected chi connectivity index (χ4v) is 6.55. The SMILES string of the molecule is O=C(O)c1cc(-c2ccc(NC(=O)C(SC3=N/C(=C\c4cccnc4)C(=O)N3c3ccccc3)c3ccccc3)cc2)nc2ccccc12. The number of nitrogens with zero attached hydrogens (tertiary/aromatic N) is 4. The van der Waals surface area contributed by atoms with E-state index in [1.807, 2.05) is 72.8 Å². The summed E-state index contributed by atoms with van der Waals surface area (Å²) in [5, 5.41) is 13.0. The molecule has 1 aliphatic rings. The third-order valence-corrected chi connectivity index (χ3v) is 9.00. The highest BCUT2D eigenvalue weighted by Gasteiger charge is 2.36. The van der Waals surface area contributed by atoms with Gasteiger partial charge in [-0.05, 0) is 59.7 Å². The van der Waals surface area contributed by atoms with Gasteiger partial charge in [0.2, 0.25) is 5.91 Å². The Hall–Kier alpha value is -6.39. The summed E-state index contributed by atoms with van der Waals surface area (Å²) in [5.74, 6) is -1.66. The van der Waals surface area contributed by atoms with Crippen molar-refractivity contribution in [2.75, 3.05) is 10.2 Å². The summed E-state index contributed by atoms with van der Waals surface area (Å²) in [6, 6.07) is 37.9. The van der Waals surface area contributed by atoms with Crippen LogP contribution in [0.25, 0.3) is 28.2 Å². The van der Waals surface area contributed by atoms with E-state index in [0.29, 0.717) is 38.7 Å². The van der Waals surface area contributed by atoms with Crippen LogP contribution in [-0.4, -0.2) is 38.0 Å². The smallest absolute Gasteiger partial charge is 0.336 e. The lowest BCUT2D eigenvalue weighted by Gasteiger charge is -2.22. The van der Waals surface area contributed by atoms with E-state index in [9.17, 15) is 19.5 Å². The molecule has 2 N–H and O–H groups in total. The molecule has 0 spiro atoms. The predicted octanol–water partition coefficient (Wildman–Crippen LogP) is 7.85. The summed E-state index contributed by atoms with van der Waals surface area (Å²) in [5.41, 5.74) is 4.81. The van der Waals surface area contributed by atoms with Crippen LogP contribution in [0.2, 0.25) is 0 Å². The lowest BCUT2D eigenvalue weighted by Crippen LogP contribution is -2.32. The zero-order valence-electron chi connectivity index (χ0n) is 25.8. The number of carbonyl (C=O) groups excluding carboxylic acids is 2.